The Bertz CT molecular complexity index is 849. The summed E-state index contributed by atoms with van der Waals surface area (Å²) in [5, 5.41) is 12.6. The average molecular weight is 468 g/mol. The van der Waals surface area contributed by atoms with Gasteiger partial charge in [0.2, 0.25) is 21.8 Å². The van der Waals surface area contributed by atoms with Crippen LogP contribution in [0.5, 0.6) is 0 Å². The van der Waals surface area contributed by atoms with Crippen LogP contribution in [0.1, 0.15) is 57.9 Å². The minimum atomic E-state index is -3.73. The van der Waals surface area contributed by atoms with Crippen molar-refractivity contribution in [2.45, 2.75) is 76.3 Å². The van der Waals surface area contributed by atoms with E-state index in [4.69, 9.17) is 0 Å². The highest BCUT2D eigenvalue weighted by Gasteiger charge is 2.33. The molecule has 32 heavy (non-hydrogen) atoms. The van der Waals surface area contributed by atoms with Crippen LogP contribution in [0.15, 0.2) is 29.2 Å². The van der Waals surface area contributed by atoms with Gasteiger partial charge in [-0.25, -0.2) is 13.1 Å². The van der Waals surface area contributed by atoms with E-state index in [1.165, 1.54) is 23.5 Å². The zero-order valence-corrected chi connectivity index (χ0v) is 20.2. The lowest BCUT2D eigenvalue weighted by molar-refractivity contribution is -0.143. The largest absolute Gasteiger partial charge is 0.395 e. The molecule has 2 amide bonds. The van der Waals surface area contributed by atoms with Gasteiger partial charge in [-0.3, -0.25) is 9.59 Å². The van der Waals surface area contributed by atoms with E-state index in [1.807, 2.05) is 20.8 Å². The van der Waals surface area contributed by atoms with Crippen LogP contribution in [0.3, 0.4) is 0 Å². The molecule has 1 unspecified atom stereocenters. The van der Waals surface area contributed by atoms with Crippen molar-refractivity contribution in [3.05, 3.63) is 29.8 Å². The number of benzene rings is 1. The summed E-state index contributed by atoms with van der Waals surface area (Å²) in [7, 11) is -3.73. The summed E-state index contributed by atoms with van der Waals surface area (Å²) in [5.74, 6) is -0.740. The Morgan fingerprint density at radius 2 is 1.75 bits per heavy atom. The fraction of sp³-hybridized carbons (Fsp3) is 0.652. The van der Waals surface area contributed by atoms with Gasteiger partial charge in [-0.15, -0.1) is 0 Å². The number of sulfonamides is 1. The molecule has 1 atom stereocenters. The SMILES string of the molecule is Cc1ccc(S(=O)(=O)NCCC(=O)N(CCO)C(C(=O)NC2CCCCC2)C(C)C)cc1. The van der Waals surface area contributed by atoms with Crippen LogP contribution in [0.2, 0.25) is 0 Å². The molecule has 1 aromatic rings. The molecular weight excluding hydrogens is 430 g/mol. The van der Waals surface area contributed by atoms with Crippen molar-refractivity contribution in [1.82, 2.24) is 14.9 Å². The van der Waals surface area contributed by atoms with Gasteiger partial charge in [0, 0.05) is 25.6 Å². The number of hydrogen-bond donors (Lipinski definition) is 3. The normalized spacial score (nSPS) is 16.0. The average Bonchev–Trinajstić information content (AvgIpc) is 2.74. The predicted octanol–water partition coefficient (Wildman–Crippen LogP) is 1.96. The molecule has 0 aromatic heterocycles. The third-order valence-corrected chi connectivity index (χ3v) is 7.29. The van der Waals surface area contributed by atoms with Crippen molar-refractivity contribution >= 4 is 21.8 Å². The fourth-order valence-corrected chi connectivity index (χ4v) is 5.13. The van der Waals surface area contributed by atoms with E-state index in [0.717, 1.165) is 31.2 Å². The van der Waals surface area contributed by atoms with Crippen LogP contribution in [0, 0.1) is 12.8 Å². The molecule has 1 aliphatic carbocycles. The number of aryl methyl sites for hydroxylation is 1. The van der Waals surface area contributed by atoms with Gasteiger partial charge in [-0.1, -0.05) is 50.8 Å². The first kappa shape index (κ1) is 26.3. The minimum Gasteiger partial charge on any atom is -0.395 e. The topological polar surface area (TPSA) is 116 Å². The van der Waals surface area contributed by atoms with Crippen LogP contribution < -0.4 is 10.0 Å². The lowest BCUT2D eigenvalue weighted by Gasteiger charge is -2.35. The maximum absolute atomic E-state index is 13.0. The third kappa shape index (κ3) is 7.56. The molecule has 0 bridgehead atoms. The Balaban J connectivity index is 2.01. The standard InChI is InChI=1S/C23H37N3O5S/c1-17(2)22(23(29)25-19-7-5-4-6-8-19)26(15-16-27)21(28)13-14-24-32(30,31)20-11-9-18(3)10-12-20/h9-12,17,19,22,24,27H,4-8,13-16H2,1-3H3,(H,25,29). The minimum absolute atomic E-state index is 0.0183. The first-order chi connectivity index (χ1) is 15.2. The monoisotopic (exact) mass is 467 g/mol. The first-order valence-corrected chi connectivity index (χ1v) is 12.9. The number of hydrogen-bond acceptors (Lipinski definition) is 5. The molecule has 0 radical (unpaired) electrons. The van der Waals surface area contributed by atoms with Gasteiger partial charge in [0.25, 0.3) is 0 Å². The molecule has 0 heterocycles. The molecule has 0 spiro atoms. The molecule has 9 heteroatoms. The number of nitrogens with zero attached hydrogens (tertiary/aromatic N) is 1. The maximum atomic E-state index is 13.0. The van der Waals surface area contributed by atoms with Crippen molar-refractivity contribution < 1.29 is 23.1 Å². The lowest BCUT2D eigenvalue weighted by Crippen LogP contribution is -2.55. The van der Waals surface area contributed by atoms with Crippen LogP contribution >= 0.6 is 0 Å². The van der Waals surface area contributed by atoms with Crippen LogP contribution in [0.25, 0.3) is 0 Å². The molecule has 180 valence electrons. The Hall–Kier alpha value is -1.97. The van der Waals surface area contributed by atoms with Gasteiger partial charge in [0.15, 0.2) is 0 Å². The van der Waals surface area contributed by atoms with Crippen molar-refractivity contribution in [1.29, 1.82) is 0 Å². The maximum Gasteiger partial charge on any atom is 0.243 e. The number of aliphatic hydroxyl groups excluding tert-OH is 1. The molecule has 1 aromatic carbocycles. The number of rotatable bonds is 11. The van der Waals surface area contributed by atoms with E-state index >= 15 is 0 Å². The van der Waals surface area contributed by atoms with Crippen molar-refractivity contribution in [3.8, 4) is 0 Å². The highest BCUT2D eigenvalue weighted by atomic mass is 32.2. The smallest absolute Gasteiger partial charge is 0.243 e. The summed E-state index contributed by atoms with van der Waals surface area (Å²) in [6.45, 7) is 5.25. The molecule has 3 N–H and O–H groups in total. The van der Waals surface area contributed by atoms with Crippen molar-refractivity contribution in [2.24, 2.45) is 5.92 Å². The Morgan fingerprint density at radius 1 is 1.12 bits per heavy atom. The van der Waals surface area contributed by atoms with Crippen molar-refractivity contribution in [3.63, 3.8) is 0 Å². The van der Waals surface area contributed by atoms with E-state index in [9.17, 15) is 23.1 Å². The van der Waals surface area contributed by atoms with Gasteiger partial charge in [-0.05, 0) is 37.8 Å². The Morgan fingerprint density at radius 3 is 2.31 bits per heavy atom. The summed E-state index contributed by atoms with van der Waals surface area (Å²) in [6, 6.07) is 5.85. The highest BCUT2D eigenvalue weighted by molar-refractivity contribution is 7.89. The van der Waals surface area contributed by atoms with Crippen LogP contribution in [-0.4, -0.2) is 62.0 Å². The predicted molar refractivity (Wildman–Crippen MR) is 123 cm³/mol. The fourth-order valence-electron chi connectivity index (χ4n) is 4.10. The number of aliphatic hydroxyl groups is 1. The summed E-state index contributed by atoms with van der Waals surface area (Å²) < 4.78 is 27.4. The zero-order valence-electron chi connectivity index (χ0n) is 19.3. The van der Waals surface area contributed by atoms with Gasteiger partial charge < -0.3 is 15.3 Å². The highest BCUT2D eigenvalue weighted by Crippen LogP contribution is 2.19. The van der Waals surface area contributed by atoms with E-state index in [1.54, 1.807) is 12.1 Å². The molecule has 2 rings (SSSR count). The Labute approximate surface area is 191 Å². The Kier molecular flexibility index (Phi) is 10.1. The molecular formula is C23H37N3O5S. The number of nitrogens with one attached hydrogen (secondary N) is 2. The summed E-state index contributed by atoms with van der Waals surface area (Å²) in [4.78, 5) is 27.5. The summed E-state index contributed by atoms with van der Waals surface area (Å²) >= 11 is 0. The number of carbonyl (C=O) groups excluding carboxylic acids is 2. The van der Waals surface area contributed by atoms with Crippen molar-refractivity contribution in [2.75, 3.05) is 19.7 Å². The van der Waals surface area contributed by atoms with Crippen LogP contribution in [0.4, 0.5) is 0 Å². The second kappa shape index (κ2) is 12.3. The molecule has 1 fully saturated rings. The van der Waals surface area contributed by atoms with Gasteiger partial charge >= 0.3 is 0 Å². The molecule has 0 saturated heterocycles. The molecule has 1 aliphatic rings. The van der Waals surface area contributed by atoms with Gasteiger partial charge in [0.05, 0.1) is 11.5 Å². The van der Waals surface area contributed by atoms with E-state index < -0.39 is 16.1 Å². The molecule has 1 saturated carbocycles. The second-order valence-electron chi connectivity index (χ2n) is 8.80. The zero-order chi connectivity index (χ0) is 23.7. The molecule has 0 aliphatic heterocycles. The van der Waals surface area contributed by atoms with E-state index in [0.29, 0.717) is 0 Å². The van der Waals surface area contributed by atoms with Crippen LogP contribution in [-0.2, 0) is 19.6 Å². The summed E-state index contributed by atoms with van der Waals surface area (Å²) in [6.07, 6.45) is 5.10. The van der Waals surface area contributed by atoms with E-state index in [-0.39, 0.29) is 54.8 Å². The first-order valence-electron chi connectivity index (χ1n) is 11.4. The second-order valence-corrected chi connectivity index (χ2v) is 10.6. The quantitative estimate of drug-likeness (QED) is 0.460. The summed E-state index contributed by atoms with van der Waals surface area (Å²) in [5.41, 5.74) is 0.949. The third-order valence-electron chi connectivity index (χ3n) is 5.81. The number of amides is 2. The molecule has 8 nitrogen and oxygen atoms in total. The lowest BCUT2D eigenvalue weighted by atomic mass is 9.94. The van der Waals surface area contributed by atoms with Gasteiger partial charge in [-0.2, -0.15) is 0 Å². The number of carbonyl (C=O) groups is 2. The van der Waals surface area contributed by atoms with Gasteiger partial charge in [0.1, 0.15) is 6.04 Å². The van der Waals surface area contributed by atoms with E-state index in [2.05, 4.69) is 10.0 Å².